The fraction of sp³-hybridized carbons (Fsp3) is 1.00. The summed E-state index contributed by atoms with van der Waals surface area (Å²) >= 11 is 0. The Bertz CT molecular complexity index is 22.8. The van der Waals surface area contributed by atoms with Crippen LogP contribution in [0.5, 0.6) is 0 Å². The van der Waals surface area contributed by atoms with Crippen LogP contribution in [0.15, 0.2) is 0 Å². The molecule has 1 N–H and O–H groups in total. The number of hydrogen-bond donors (Lipinski definition) is 1. The molecule has 0 aliphatic heterocycles. The van der Waals surface area contributed by atoms with E-state index in [0.29, 0.717) is 0 Å². The second-order valence-electron chi connectivity index (χ2n) is 0.835. The van der Waals surface area contributed by atoms with Crippen molar-refractivity contribution < 1.29 is 9.84 Å². The van der Waals surface area contributed by atoms with Crippen LogP contribution in [0.1, 0.15) is 6.92 Å². The van der Waals surface area contributed by atoms with Gasteiger partial charge in [0, 0.05) is 7.11 Å². The van der Waals surface area contributed by atoms with E-state index in [0.717, 1.165) is 0 Å². The predicted octanol–water partition coefficient (Wildman–Crippen LogP) is -1.21. The van der Waals surface area contributed by atoms with E-state index in [1.807, 2.05) is 0 Å². The smallest absolute Gasteiger partial charge is 0.187 e. The number of rotatable bonds is 1. The minimum Gasteiger partial charge on any atom is -0.368 e. The van der Waals surface area contributed by atoms with E-state index < -0.39 is 6.29 Å². The molecular formula is C3H11AlO2. The monoisotopic (exact) mass is 106 g/mol. The maximum atomic E-state index is 8.14. The molecule has 0 rings (SSSR count). The van der Waals surface area contributed by atoms with Crippen molar-refractivity contribution in [2.24, 2.45) is 0 Å². The summed E-state index contributed by atoms with van der Waals surface area (Å²) in [6.07, 6.45) is -0.616. The summed E-state index contributed by atoms with van der Waals surface area (Å²) < 4.78 is 4.31. The maximum absolute atomic E-state index is 8.14. The predicted molar refractivity (Wildman–Crippen MR) is 28.6 cm³/mol. The number of aliphatic hydroxyl groups is 1. The van der Waals surface area contributed by atoms with Crippen molar-refractivity contribution in [3.8, 4) is 0 Å². The van der Waals surface area contributed by atoms with Gasteiger partial charge in [0.2, 0.25) is 0 Å². The lowest BCUT2D eigenvalue weighted by atomic mass is 10.8. The molecule has 1 unspecified atom stereocenters. The van der Waals surface area contributed by atoms with E-state index >= 15 is 0 Å². The Morgan fingerprint density at radius 1 is 1.67 bits per heavy atom. The van der Waals surface area contributed by atoms with Gasteiger partial charge in [-0.05, 0) is 6.92 Å². The molecule has 0 saturated heterocycles. The number of ether oxygens (including phenoxy) is 1. The van der Waals surface area contributed by atoms with Gasteiger partial charge < -0.3 is 9.84 Å². The highest BCUT2D eigenvalue weighted by Crippen LogP contribution is 1.72. The molecule has 0 aliphatic rings. The van der Waals surface area contributed by atoms with Crippen LogP contribution in [-0.2, 0) is 4.74 Å². The Labute approximate surface area is 48.3 Å². The van der Waals surface area contributed by atoms with Gasteiger partial charge in [-0.25, -0.2) is 0 Å². The van der Waals surface area contributed by atoms with Crippen molar-refractivity contribution in [1.29, 1.82) is 0 Å². The summed E-state index contributed by atoms with van der Waals surface area (Å²) in [6, 6.07) is 0. The molecule has 0 bridgehead atoms. The Morgan fingerprint density at radius 3 is 1.83 bits per heavy atom. The molecule has 0 radical (unpaired) electrons. The summed E-state index contributed by atoms with van der Waals surface area (Å²) in [5, 5.41) is 8.14. The Balaban J connectivity index is 0. The first-order valence-electron chi connectivity index (χ1n) is 1.48. The van der Waals surface area contributed by atoms with E-state index in [1.54, 1.807) is 6.92 Å². The highest BCUT2D eigenvalue weighted by molar-refractivity contribution is 5.75. The third kappa shape index (κ3) is 8.82. The molecule has 0 aliphatic carbocycles. The second kappa shape index (κ2) is 5.45. The molecule has 6 heavy (non-hydrogen) atoms. The van der Waals surface area contributed by atoms with E-state index in [-0.39, 0.29) is 17.4 Å². The van der Waals surface area contributed by atoms with E-state index in [4.69, 9.17) is 5.11 Å². The second-order valence-corrected chi connectivity index (χ2v) is 0.835. The van der Waals surface area contributed by atoms with Gasteiger partial charge in [-0.15, -0.1) is 0 Å². The van der Waals surface area contributed by atoms with Gasteiger partial charge in [0.05, 0.1) is 0 Å². The van der Waals surface area contributed by atoms with Gasteiger partial charge in [0.25, 0.3) is 0 Å². The van der Waals surface area contributed by atoms with Crippen LogP contribution >= 0.6 is 0 Å². The fourth-order valence-corrected chi connectivity index (χ4v) is 0. The highest BCUT2D eigenvalue weighted by atomic mass is 27.0. The zero-order valence-corrected chi connectivity index (χ0v) is 3.43. The molecule has 0 heterocycles. The Kier molecular flexibility index (Phi) is 8.79. The lowest BCUT2D eigenvalue weighted by Crippen LogP contribution is -1.99. The topological polar surface area (TPSA) is 29.5 Å². The summed E-state index contributed by atoms with van der Waals surface area (Å²) in [5.41, 5.74) is 0. The van der Waals surface area contributed by atoms with Gasteiger partial charge in [-0.3, -0.25) is 0 Å². The molecule has 0 spiro atoms. The summed E-state index contributed by atoms with van der Waals surface area (Å²) in [6.45, 7) is 1.56. The number of aliphatic hydroxyl groups excluding tert-OH is 1. The van der Waals surface area contributed by atoms with Crippen molar-refractivity contribution in [3.05, 3.63) is 0 Å². The third-order valence-corrected chi connectivity index (χ3v) is 0.341. The molecule has 0 amide bonds. The summed E-state index contributed by atoms with van der Waals surface area (Å²) in [7, 11) is 1.45. The molecule has 0 aromatic carbocycles. The van der Waals surface area contributed by atoms with E-state index in [9.17, 15) is 0 Å². The van der Waals surface area contributed by atoms with Gasteiger partial charge in [-0.1, -0.05) is 0 Å². The minimum atomic E-state index is -0.616. The highest BCUT2D eigenvalue weighted by Gasteiger charge is 1.80. The van der Waals surface area contributed by atoms with Gasteiger partial charge in [0.1, 0.15) is 0 Å². The molecule has 0 aromatic heterocycles. The minimum absolute atomic E-state index is 0. The van der Waals surface area contributed by atoms with Crippen LogP contribution in [0.3, 0.4) is 0 Å². The zero-order chi connectivity index (χ0) is 4.28. The van der Waals surface area contributed by atoms with Crippen molar-refractivity contribution >= 4 is 17.4 Å². The van der Waals surface area contributed by atoms with Gasteiger partial charge >= 0.3 is 0 Å². The van der Waals surface area contributed by atoms with Crippen LogP contribution in [0.25, 0.3) is 0 Å². The van der Waals surface area contributed by atoms with Crippen molar-refractivity contribution in [2.75, 3.05) is 7.11 Å². The summed E-state index contributed by atoms with van der Waals surface area (Å²) in [4.78, 5) is 0. The number of methoxy groups -OCH3 is 1. The first-order chi connectivity index (χ1) is 2.27. The molecule has 38 valence electrons. The van der Waals surface area contributed by atoms with Crippen LogP contribution in [0.2, 0.25) is 0 Å². The van der Waals surface area contributed by atoms with Crippen LogP contribution < -0.4 is 0 Å². The molecular weight excluding hydrogens is 95.0 g/mol. The standard InChI is InChI=1S/C3H8O2.Al.3H/c1-3(4)5-2;;;;/h3-4H,1-2H3;;;;. The average molecular weight is 106 g/mol. The maximum Gasteiger partial charge on any atom is 0.187 e. The zero-order valence-electron chi connectivity index (χ0n) is 3.43. The normalized spacial score (nSPS) is 12.5. The Hall–Kier alpha value is 0.452. The lowest BCUT2D eigenvalue weighted by molar-refractivity contribution is -0.0583. The van der Waals surface area contributed by atoms with Crippen molar-refractivity contribution in [3.63, 3.8) is 0 Å². The molecule has 2 nitrogen and oxygen atoms in total. The SMILES string of the molecule is COC(C)O.[AlH3]. The van der Waals surface area contributed by atoms with E-state index in [1.165, 1.54) is 7.11 Å². The molecule has 0 fully saturated rings. The third-order valence-electron chi connectivity index (χ3n) is 0.341. The first kappa shape index (κ1) is 9.68. The molecule has 0 aromatic rings. The fourth-order valence-electron chi connectivity index (χ4n) is 0. The molecule has 0 saturated carbocycles. The van der Waals surface area contributed by atoms with Crippen molar-refractivity contribution in [2.45, 2.75) is 13.2 Å². The van der Waals surface area contributed by atoms with Crippen LogP contribution in [0.4, 0.5) is 0 Å². The molecule has 1 atom stereocenters. The van der Waals surface area contributed by atoms with Crippen LogP contribution in [-0.4, -0.2) is 35.9 Å². The first-order valence-corrected chi connectivity index (χ1v) is 1.48. The largest absolute Gasteiger partial charge is 0.368 e. The average Bonchev–Trinajstić information content (AvgIpc) is 1.38. The number of hydrogen-bond acceptors (Lipinski definition) is 2. The van der Waals surface area contributed by atoms with E-state index in [2.05, 4.69) is 4.74 Å². The van der Waals surface area contributed by atoms with Gasteiger partial charge in [-0.2, -0.15) is 0 Å². The van der Waals surface area contributed by atoms with Gasteiger partial charge in [0.15, 0.2) is 23.7 Å². The quantitative estimate of drug-likeness (QED) is 0.335. The van der Waals surface area contributed by atoms with Crippen molar-refractivity contribution in [1.82, 2.24) is 0 Å². The Morgan fingerprint density at radius 2 is 1.83 bits per heavy atom. The van der Waals surface area contributed by atoms with Crippen LogP contribution in [0, 0.1) is 0 Å². The lowest BCUT2D eigenvalue weighted by Gasteiger charge is -1.94. The molecule has 3 heteroatoms. The summed E-state index contributed by atoms with van der Waals surface area (Å²) in [5.74, 6) is 0.